The Morgan fingerprint density at radius 1 is 0.605 bits per heavy atom. The molecule has 6 aromatic heterocycles. The number of hydrogen-bond acceptors (Lipinski definition) is 14. The fourth-order valence-electron chi connectivity index (χ4n) is 6.05. The van der Waals surface area contributed by atoms with Crippen LogP contribution in [0, 0.1) is 43.4 Å². The molecule has 1 fully saturated rings. The molecule has 6 heterocycles. The first-order chi connectivity index (χ1) is 35.6. The first-order valence-corrected chi connectivity index (χ1v) is 27.7. The highest BCUT2D eigenvalue weighted by atomic mass is 32.1. The summed E-state index contributed by atoms with van der Waals surface area (Å²) in [6.45, 7) is 40.8. The van der Waals surface area contributed by atoms with Crippen LogP contribution in [-0.2, 0) is 27.9 Å². The van der Waals surface area contributed by atoms with E-state index in [1.165, 1.54) is 35.5 Å². The van der Waals surface area contributed by atoms with Crippen LogP contribution < -0.4 is 0 Å². The van der Waals surface area contributed by atoms with Crippen molar-refractivity contribution in [3.8, 4) is 0 Å². The maximum atomic E-state index is 4.71. The molecule has 1 aliphatic rings. The van der Waals surface area contributed by atoms with Gasteiger partial charge in [-0.25, -0.2) is 24.9 Å². The molecule has 0 saturated heterocycles. The molecule has 0 bridgehead atoms. The van der Waals surface area contributed by atoms with Crippen molar-refractivity contribution in [1.29, 1.82) is 0 Å². The number of thiazole rings is 1. The quantitative estimate of drug-likeness (QED) is 0.0754. The third kappa shape index (κ3) is 37.0. The number of rotatable bonds is 14. The van der Waals surface area contributed by atoms with Crippen LogP contribution in [0.2, 0.25) is 0 Å². The summed E-state index contributed by atoms with van der Waals surface area (Å²) in [4.78, 5) is 46.4. The molecule has 0 amide bonds. The Kier molecular flexibility index (Phi) is 41.1. The predicted molar refractivity (Wildman–Crippen MR) is 323 cm³/mol. The van der Waals surface area contributed by atoms with Crippen LogP contribution in [-0.4, -0.2) is 71.0 Å². The molecule has 76 heavy (non-hydrogen) atoms. The summed E-state index contributed by atoms with van der Waals surface area (Å²) in [6.07, 6.45) is 24.7. The lowest BCUT2D eigenvalue weighted by Gasteiger charge is -2.18. The molecule has 422 valence electrons. The van der Waals surface area contributed by atoms with E-state index in [0.29, 0.717) is 47.5 Å². The molecule has 0 unspecified atom stereocenters. The van der Waals surface area contributed by atoms with Gasteiger partial charge in [-0.2, -0.15) is 0 Å². The normalized spacial score (nSPS) is 11.8. The molecule has 0 aromatic carbocycles. The summed E-state index contributed by atoms with van der Waals surface area (Å²) in [5.41, 5.74) is 10.4. The Morgan fingerprint density at radius 3 is 1.54 bits per heavy atom. The zero-order valence-electron chi connectivity index (χ0n) is 49.8. The fraction of sp³-hybridized carbons (Fsp3) is 0.565. The van der Waals surface area contributed by atoms with Crippen molar-refractivity contribution >= 4 is 23.8 Å². The fourth-order valence-corrected chi connectivity index (χ4v) is 6.62. The van der Waals surface area contributed by atoms with Crippen LogP contribution in [0.15, 0.2) is 114 Å². The molecule has 1 saturated carbocycles. The van der Waals surface area contributed by atoms with Crippen molar-refractivity contribution in [3.05, 3.63) is 149 Å². The zero-order valence-corrected chi connectivity index (χ0v) is 50.6. The molecular formula is C62H101N11O2S. The average molecular weight is 1060 g/mol. The summed E-state index contributed by atoms with van der Waals surface area (Å²) >= 11 is 1.67. The van der Waals surface area contributed by atoms with Gasteiger partial charge in [-0.15, -0.1) is 11.3 Å². The van der Waals surface area contributed by atoms with E-state index in [-0.39, 0.29) is 7.43 Å². The molecule has 14 heteroatoms. The maximum absolute atomic E-state index is 4.71. The van der Waals surface area contributed by atoms with Gasteiger partial charge in [0.1, 0.15) is 25.9 Å². The third-order valence-electron chi connectivity index (χ3n) is 10.5. The summed E-state index contributed by atoms with van der Waals surface area (Å²) in [6, 6.07) is 12.3. The average Bonchev–Trinajstić information content (AvgIpc) is 4.05. The highest BCUT2D eigenvalue weighted by Gasteiger charge is 2.47. The van der Waals surface area contributed by atoms with E-state index in [2.05, 4.69) is 181 Å². The van der Waals surface area contributed by atoms with Gasteiger partial charge < -0.3 is 9.68 Å². The molecule has 0 N–H and O–H groups in total. The topological polar surface area (TPSA) is 159 Å². The lowest BCUT2D eigenvalue weighted by Crippen LogP contribution is -2.15. The maximum Gasteiger partial charge on any atom is 0.130 e. The Morgan fingerprint density at radius 2 is 1.17 bits per heavy atom. The van der Waals surface area contributed by atoms with Crippen LogP contribution in [0.1, 0.15) is 201 Å². The highest BCUT2D eigenvalue weighted by Crippen LogP contribution is 2.52. The summed E-state index contributed by atoms with van der Waals surface area (Å²) in [7, 11) is 1.54. The standard InChI is InChI=1S/C11H15N.C9H13N.2C8H12N2.C7H10N2.C7H11NS.C6H13NO.C5H11NO.CH4/c1-9(2)11(6-7-11)10-5-3-4-8-12-10;1-8(2)7-9-5-3-4-6-10-9;1-6(2)8-5-9-7(3)4-10-8;1-6(2)8-9-4-7(3)5-10-8;1-6(2)7-3-8-5-9-4-7;1-6(2)3-7-4-9-5-8-7;1-4-8-7-5-6(2)3;1-5(2)4-6-7-3;/h3-5,8-9H,6-7H2,1-2H3;3-6,8H,7H2,1-2H3;2*4-6H,1-3H3;3-6H,1-2H3;4-6H,3H2,1-2H3;5-6H,4H2,1-3H3;4-5H,1-3H3;1H4/b;;;;;;7-5-;;. The van der Waals surface area contributed by atoms with E-state index in [1.807, 2.05) is 102 Å². The Balaban J connectivity index is 0. The molecule has 0 radical (unpaired) electrons. The minimum absolute atomic E-state index is 0. The Bertz CT molecular complexity index is 2200. The van der Waals surface area contributed by atoms with E-state index < -0.39 is 0 Å². The van der Waals surface area contributed by atoms with Gasteiger partial charge in [-0.3, -0.25) is 19.9 Å². The second kappa shape index (κ2) is 43.2. The first-order valence-electron chi connectivity index (χ1n) is 26.8. The second-order valence-corrected chi connectivity index (χ2v) is 21.7. The monoisotopic (exact) mass is 1060 g/mol. The minimum Gasteiger partial charge on any atom is -0.399 e. The van der Waals surface area contributed by atoms with Crippen molar-refractivity contribution in [2.75, 3.05) is 13.7 Å². The van der Waals surface area contributed by atoms with E-state index >= 15 is 0 Å². The highest BCUT2D eigenvalue weighted by molar-refractivity contribution is 7.07. The van der Waals surface area contributed by atoms with Gasteiger partial charge in [0.2, 0.25) is 0 Å². The number of aromatic nitrogens is 9. The summed E-state index contributed by atoms with van der Waals surface area (Å²) < 4.78 is 0. The van der Waals surface area contributed by atoms with Gasteiger partial charge >= 0.3 is 0 Å². The van der Waals surface area contributed by atoms with E-state index in [9.17, 15) is 0 Å². The minimum atomic E-state index is 0. The van der Waals surface area contributed by atoms with Gasteiger partial charge in [-0.05, 0) is 123 Å². The molecule has 0 aliphatic heterocycles. The van der Waals surface area contributed by atoms with Crippen LogP contribution in [0.5, 0.6) is 0 Å². The number of nitrogens with zero attached hydrogens (tertiary/aromatic N) is 11. The molecule has 7 rings (SSSR count). The van der Waals surface area contributed by atoms with Crippen molar-refractivity contribution in [2.24, 2.45) is 39.9 Å². The first kappa shape index (κ1) is 72.2. The van der Waals surface area contributed by atoms with E-state index in [4.69, 9.17) is 4.84 Å². The third-order valence-corrected chi connectivity index (χ3v) is 11.1. The van der Waals surface area contributed by atoms with Crippen LogP contribution in [0.25, 0.3) is 0 Å². The lowest BCUT2D eigenvalue weighted by molar-refractivity contribution is 0.159. The molecule has 13 nitrogen and oxygen atoms in total. The number of hydrogen-bond donors (Lipinski definition) is 0. The lowest BCUT2D eigenvalue weighted by atomic mass is 9.89. The number of aryl methyl sites for hydroxylation is 2. The largest absolute Gasteiger partial charge is 0.399 e. The van der Waals surface area contributed by atoms with Gasteiger partial charge in [0, 0.05) is 90.1 Å². The van der Waals surface area contributed by atoms with Crippen molar-refractivity contribution in [3.63, 3.8) is 0 Å². The van der Waals surface area contributed by atoms with Gasteiger partial charge in [0.25, 0.3) is 0 Å². The van der Waals surface area contributed by atoms with Gasteiger partial charge in [0.05, 0.1) is 22.6 Å². The van der Waals surface area contributed by atoms with Gasteiger partial charge in [0.15, 0.2) is 0 Å². The van der Waals surface area contributed by atoms with Gasteiger partial charge in [-0.1, -0.05) is 141 Å². The summed E-state index contributed by atoms with van der Waals surface area (Å²) in [5.74, 6) is 5.50. The van der Waals surface area contributed by atoms with Crippen LogP contribution >= 0.6 is 11.3 Å². The molecule has 0 atom stereocenters. The number of pyridine rings is 2. The molecule has 6 aromatic rings. The number of oxime groups is 2. The Labute approximate surface area is 466 Å². The van der Waals surface area contributed by atoms with E-state index in [1.54, 1.807) is 43.4 Å². The SMILES string of the molecule is C.CC(C)C1(c2ccccn2)CC1.CC(C)Cc1ccccn1.CC(C)Cc1cscn1.CC(C)c1cncnc1.CCO/N=C\C(C)C.CON=CC(C)C.Cc1cnc(C(C)C)cn1.Cc1cnc(C(C)C)nc1. The van der Waals surface area contributed by atoms with Crippen molar-refractivity contribution in [1.82, 2.24) is 44.9 Å². The molecular weight excluding hydrogens is 963 g/mol. The van der Waals surface area contributed by atoms with Crippen LogP contribution in [0.4, 0.5) is 0 Å². The Hall–Kier alpha value is -5.89. The smallest absolute Gasteiger partial charge is 0.130 e. The van der Waals surface area contributed by atoms with Crippen molar-refractivity contribution in [2.45, 2.75) is 188 Å². The zero-order chi connectivity index (χ0) is 56.6. The predicted octanol–water partition coefficient (Wildman–Crippen LogP) is 16.4. The summed E-state index contributed by atoms with van der Waals surface area (Å²) in [5, 5.41) is 9.32. The van der Waals surface area contributed by atoms with Crippen molar-refractivity contribution < 1.29 is 9.68 Å². The second-order valence-electron chi connectivity index (χ2n) is 21.0. The molecule has 0 spiro atoms. The molecule has 1 aliphatic carbocycles. The van der Waals surface area contributed by atoms with E-state index in [0.717, 1.165) is 47.5 Å². The van der Waals surface area contributed by atoms with Crippen LogP contribution in [0.3, 0.4) is 0 Å².